The second kappa shape index (κ2) is 6.93. The zero-order chi connectivity index (χ0) is 10.3. The van der Waals surface area contributed by atoms with Crippen molar-refractivity contribution in [2.45, 2.75) is 59.5 Å². The molecule has 78 valence electrons. The minimum atomic E-state index is -0.0575. The van der Waals surface area contributed by atoms with Crippen LogP contribution in [0.4, 0.5) is 0 Å². The fourth-order valence-corrected chi connectivity index (χ4v) is 1.28. The summed E-state index contributed by atoms with van der Waals surface area (Å²) in [6.45, 7) is 8.25. The van der Waals surface area contributed by atoms with E-state index in [4.69, 9.17) is 4.74 Å². The molecule has 2 heteroatoms. The fourth-order valence-electron chi connectivity index (χ4n) is 1.28. The van der Waals surface area contributed by atoms with Crippen molar-refractivity contribution in [2.75, 3.05) is 0 Å². The van der Waals surface area contributed by atoms with E-state index in [-0.39, 0.29) is 12.1 Å². The molecular formula is C11H22O2. The van der Waals surface area contributed by atoms with Crippen molar-refractivity contribution in [1.82, 2.24) is 0 Å². The Hall–Kier alpha value is -0.530. The second-order valence-electron chi connectivity index (χ2n) is 3.71. The van der Waals surface area contributed by atoms with Crippen LogP contribution in [0.25, 0.3) is 0 Å². The predicted molar refractivity (Wildman–Crippen MR) is 54.5 cm³/mol. The molecule has 0 N–H and O–H groups in total. The maximum absolute atomic E-state index is 11.1. The second-order valence-corrected chi connectivity index (χ2v) is 3.71. The number of rotatable bonds is 6. The Morgan fingerprint density at radius 1 is 1.23 bits per heavy atom. The average Bonchev–Trinajstić information content (AvgIpc) is 2.05. The molecule has 0 fully saturated rings. The van der Waals surface area contributed by atoms with Crippen LogP contribution in [0.5, 0.6) is 0 Å². The Kier molecular flexibility index (Phi) is 6.65. The number of carbonyl (C=O) groups excluding carboxylic acids is 1. The highest BCUT2D eigenvalue weighted by Crippen LogP contribution is 2.14. The van der Waals surface area contributed by atoms with Gasteiger partial charge in [0.1, 0.15) is 6.10 Å². The van der Waals surface area contributed by atoms with Gasteiger partial charge in [-0.3, -0.25) is 4.79 Å². The topological polar surface area (TPSA) is 26.3 Å². The van der Waals surface area contributed by atoms with Crippen molar-refractivity contribution in [3.8, 4) is 0 Å². The maximum atomic E-state index is 11.1. The Bertz CT molecular complexity index is 143. The molecule has 0 heterocycles. The van der Waals surface area contributed by atoms with Gasteiger partial charge in [-0.2, -0.15) is 0 Å². The first-order valence-corrected chi connectivity index (χ1v) is 5.31. The van der Waals surface area contributed by atoms with E-state index in [1.165, 1.54) is 0 Å². The Morgan fingerprint density at radius 2 is 1.85 bits per heavy atom. The molecule has 0 rings (SSSR count). The molecule has 13 heavy (non-hydrogen) atoms. The van der Waals surface area contributed by atoms with Crippen molar-refractivity contribution in [3.63, 3.8) is 0 Å². The molecule has 0 aliphatic rings. The van der Waals surface area contributed by atoms with Gasteiger partial charge in [0.05, 0.1) is 0 Å². The number of esters is 1. The van der Waals surface area contributed by atoms with Crippen LogP contribution in [0.1, 0.15) is 53.4 Å². The molecule has 0 aromatic heterocycles. The van der Waals surface area contributed by atoms with E-state index in [0.717, 1.165) is 19.3 Å². The van der Waals surface area contributed by atoms with Crippen LogP contribution in [0, 0.1) is 5.92 Å². The van der Waals surface area contributed by atoms with Crippen LogP contribution in [-0.4, -0.2) is 12.1 Å². The highest BCUT2D eigenvalue weighted by atomic mass is 16.5. The van der Waals surface area contributed by atoms with E-state index < -0.39 is 0 Å². The third-order valence-corrected chi connectivity index (χ3v) is 2.32. The molecule has 0 radical (unpaired) electrons. The monoisotopic (exact) mass is 186 g/mol. The largest absolute Gasteiger partial charge is 0.462 e. The third kappa shape index (κ3) is 5.67. The molecule has 0 aromatic carbocycles. The lowest BCUT2D eigenvalue weighted by Gasteiger charge is -2.19. The van der Waals surface area contributed by atoms with Crippen molar-refractivity contribution >= 4 is 5.97 Å². The molecule has 0 aliphatic carbocycles. The molecule has 0 bridgehead atoms. The van der Waals surface area contributed by atoms with Gasteiger partial charge in [0, 0.05) is 6.42 Å². The summed E-state index contributed by atoms with van der Waals surface area (Å²) < 4.78 is 5.27. The summed E-state index contributed by atoms with van der Waals surface area (Å²) in [7, 11) is 0. The summed E-state index contributed by atoms with van der Waals surface area (Å²) in [4.78, 5) is 11.1. The van der Waals surface area contributed by atoms with Crippen molar-refractivity contribution in [3.05, 3.63) is 0 Å². The van der Waals surface area contributed by atoms with Crippen LogP contribution < -0.4 is 0 Å². The normalized spacial score (nSPS) is 15.1. The van der Waals surface area contributed by atoms with Gasteiger partial charge in [-0.15, -0.1) is 0 Å². The number of ether oxygens (including phenoxy) is 1. The van der Waals surface area contributed by atoms with E-state index >= 15 is 0 Å². The quantitative estimate of drug-likeness (QED) is 0.596. The first kappa shape index (κ1) is 12.5. The van der Waals surface area contributed by atoms with Crippen molar-refractivity contribution in [2.24, 2.45) is 5.92 Å². The molecule has 0 spiro atoms. The fraction of sp³-hybridized carbons (Fsp3) is 0.909. The third-order valence-electron chi connectivity index (χ3n) is 2.32. The molecule has 0 saturated heterocycles. The molecule has 0 amide bonds. The number of hydrogen-bond acceptors (Lipinski definition) is 2. The van der Waals surface area contributed by atoms with E-state index in [9.17, 15) is 4.79 Å². The smallest absolute Gasteiger partial charge is 0.306 e. The van der Waals surface area contributed by atoms with Crippen LogP contribution in [0.2, 0.25) is 0 Å². The van der Waals surface area contributed by atoms with E-state index in [1.54, 1.807) is 0 Å². The average molecular weight is 186 g/mol. The summed E-state index contributed by atoms with van der Waals surface area (Å²) in [5, 5.41) is 0. The molecule has 2 nitrogen and oxygen atoms in total. The summed E-state index contributed by atoms with van der Waals surface area (Å²) in [5.74, 6) is 0.420. The maximum Gasteiger partial charge on any atom is 0.306 e. The zero-order valence-electron chi connectivity index (χ0n) is 9.30. The van der Waals surface area contributed by atoms with Crippen molar-refractivity contribution in [1.29, 1.82) is 0 Å². The molecule has 2 unspecified atom stereocenters. The summed E-state index contributed by atoms with van der Waals surface area (Å²) in [6.07, 6.45) is 3.76. The minimum Gasteiger partial charge on any atom is -0.462 e. The number of carbonyl (C=O) groups is 1. The zero-order valence-corrected chi connectivity index (χ0v) is 9.30. The summed E-state index contributed by atoms with van der Waals surface area (Å²) >= 11 is 0. The summed E-state index contributed by atoms with van der Waals surface area (Å²) in [6, 6.07) is 0. The predicted octanol–water partition coefficient (Wildman–Crippen LogP) is 3.15. The molecule has 0 aliphatic heterocycles. The van der Waals surface area contributed by atoms with Gasteiger partial charge in [-0.1, -0.05) is 27.2 Å². The minimum absolute atomic E-state index is 0.0575. The highest BCUT2D eigenvalue weighted by molar-refractivity contribution is 5.69. The lowest BCUT2D eigenvalue weighted by Crippen LogP contribution is -2.21. The molecule has 0 saturated carbocycles. The lowest BCUT2D eigenvalue weighted by atomic mass is 10.0. The van der Waals surface area contributed by atoms with E-state index in [1.807, 2.05) is 13.8 Å². The van der Waals surface area contributed by atoms with Gasteiger partial charge in [0.25, 0.3) is 0 Å². The van der Waals surface area contributed by atoms with Crippen LogP contribution in [0.3, 0.4) is 0 Å². The Labute approximate surface area is 81.7 Å². The van der Waals surface area contributed by atoms with E-state index in [2.05, 4.69) is 13.8 Å². The van der Waals surface area contributed by atoms with Crippen LogP contribution >= 0.6 is 0 Å². The van der Waals surface area contributed by atoms with Gasteiger partial charge in [0.15, 0.2) is 0 Å². The molecule has 0 aromatic rings. The Balaban J connectivity index is 3.71. The van der Waals surface area contributed by atoms with E-state index in [0.29, 0.717) is 12.3 Å². The van der Waals surface area contributed by atoms with Gasteiger partial charge in [-0.05, 0) is 25.7 Å². The summed E-state index contributed by atoms with van der Waals surface area (Å²) in [5.41, 5.74) is 0. The van der Waals surface area contributed by atoms with Gasteiger partial charge >= 0.3 is 5.97 Å². The van der Waals surface area contributed by atoms with Gasteiger partial charge in [-0.25, -0.2) is 0 Å². The standard InChI is InChI=1S/C11H22O2/c1-5-7-9(3)10(4)13-11(12)8-6-2/h9-10H,5-8H2,1-4H3. The highest BCUT2D eigenvalue weighted by Gasteiger charge is 2.14. The number of hydrogen-bond donors (Lipinski definition) is 0. The van der Waals surface area contributed by atoms with Gasteiger partial charge in [0.2, 0.25) is 0 Å². The lowest BCUT2D eigenvalue weighted by molar-refractivity contribution is -0.150. The Morgan fingerprint density at radius 3 is 2.31 bits per heavy atom. The van der Waals surface area contributed by atoms with Gasteiger partial charge < -0.3 is 4.74 Å². The SMILES string of the molecule is CCCC(=O)OC(C)C(C)CCC. The molecular weight excluding hydrogens is 164 g/mol. The van der Waals surface area contributed by atoms with Crippen molar-refractivity contribution < 1.29 is 9.53 Å². The first-order chi connectivity index (χ1) is 6.11. The first-order valence-electron chi connectivity index (χ1n) is 5.31. The van der Waals surface area contributed by atoms with Crippen LogP contribution in [-0.2, 0) is 9.53 Å². The molecule has 2 atom stereocenters. The van der Waals surface area contributed by atoms with Crippen LogP contribution in [0.15, 0.2) is 0 Å².